The van der Waals surface area contributed by atoms with Crippen LogP contribution < -0.4 is 0 Å². The number of hydrogen-bond acceptors (Lipinski definition) is 2. The third-order valence-electron chi connectivity index (χ3n) is 8.46. The van der Waals surface area contributed by atoms with Gasteiger partial charge in [0.05, 0.1) is 38.4 Å². The van der Waals surface area contributed by atoms with E-state index >= 15 is 0 Å². The molecule has 0 atom stereocenters. The van der Waals surface area contributed by atoms with Gasteiger partial charge in [0, 0.05) is 21.5 Å². The Morgan fingerprint density at radius 1 is 0.320 bits per heavy atom. The highest BCUT2D eigenvalue weighted by atomic mass is 16.3. The summed E-state index contributed by atoms with van der Waals surface area (Å²) in [5.41, 5.74) is -6.99. The Morgan fingerprint density at radius 2 is 0.820 bits per heavy atom. The zero-order valence-corrected chi connectivity index (χ0v) is 24.8. The van der Waals surface area contributed by atoms with E-state index in [0.29, 0.717) is 0 Å². The van der Waals surface area contributed by atoms with Gasteiger partial charge >= 0.3 is 0 Å². The first-order valence-electron chi connectivity index (χ1n) is 28.8. The van der Waals surface area contributed by atoms with E-state index in [-0.39, 0.29) is 16.2 Å². The number of hydrogen-bond donors (Lipinski definition) is 0. The zero-order valence-electron chi connectivity index (χ0n) is 52.8. The van der Waals surface area contributed by atoms with E-state index in [1.54, 1.807) is 0 Å². The Bertz CT molecular complexity index is 4680. The monoisotopic (exact) mass is 664 g/mol. The Balaban J connectivity index is 1.43. The Morgan fingerprint density at radius 3 is 1.54 bits per heavy atom. The van der Waals surface area contributed by atoms with E-state index in [9.17, 15) is 13.7 Å². The van der Waals surface area contributed by atoms with Crippen LogP contribution >= 0.6 is 0 Å². The Labute approximate surface area is 326 Å². The molecule has 11 rings (SSSR count). The van der Waals surface area contributed by atoms with Crippen molar-refractivity contribution in [3.8, 4) is 33.4 Å². The number of para-hydroxylation sites is 1. The number of benzene rings is 9. The molecule has 0 bridgehead atoms. The average Bonchev–Trinajstić information content (AvgIpc) is 4.13. The molecule has 2 nitrogen and oxygen atoms in total. The first-order chi connectivity index (χ1) is 36.5. The first kappa shape index (κ1) is 11.8. The van der Waals surface area contributed by atoms with Gasteiger partial charge in [0.2, 0.25) is 0 Å². The van der Waals surface area contributed by atoms with Gasteiger partial charge in [-0.05, 0) is 95.9 Å². The summed E-state index contributed by atoms with van der Waals surface area (Å²) >= 11 is 0. The lowest BCUT2D eigenvalue weighted by atomic mass is 9.83. The molecule has 2 heterocycles. The predicted molar refractivity (Wildman–Crippen MR) is 210 cm³/mol. The summed E-state index contributed by atoms with van der Waals surface area (Å²) in [6.07, 6.45) is 0. The smallest absolute Gasteiger partial charge is 0.136 e. The van der Waals surface area contributed by atoms with E-state index < -0.39 is 263 Å². The molecule has 0 aliphatic rings. The van der Waals surface area contributed by atoms with Crippen molar-refractivity contribution in [1.82, 2.24) is 0 Å². The van der Waals surface area contributed by atoms with Crippen LogP contribution in [0.3, 0.4) is 0 Å². The molecule has 0 saturated carbocycles. The minimum Gasteiger partial charge on any atom is -0.456 e. The zero-order chi connectivity index (χ0) is 57.1. The molecule has 232 valence electrons. The topological polar surface area (TPSA) is 26.3 Å². The summed E-state index contributed by atoms with van der Waals surface area (Å²) in [5, 5.41) is -5.83. The molecule has 0 radical (unpaired) electrons. The second-order valence-electron chi connectivity index (χ2n) is 11.0. The summed E-state index contributed by atoms with van der Waals surface area (Å²) in [6.45, 7) is 0. The van der Waals surface area contributed by atoms with Crippen LogP contribution in [-0.4, -0.2) is 0 Å². The molecule has 0 saturated heterocycles. The van der Waals surface area contributed by atoms with Crippen LogP contribution in [0.4, 0.5) is 0 Å². The second kappa shape index (κ2) is 10.4. The van der Waals surface area contributed by atoms with E-state index in [4.69, 9.17) is 33.5 Å². The van der Waals surface area contributed by atoms with E-state index in [0.717, 1.165) is 0 Å². The molecule has 2 aromatic heterocycles. The SMILES string of the molecule is [2H]c1c([2H])c([2H])c(-c2c3c([2H])c([2H])c([2H])c([2H])c3c(-c3c([2H])c([2H])c4c(oc5c([2H])c([2H])c6oc7c([2H])c([2H])c([2H])c([2H])c7c6c54)c3[2H])c3c([2H])c([2H])c([2H])c([2H])c23)c(-c2c([2H])c([2H])c([2H])c3c([2H])c([2H])c([2H])c([2H])c23)c1[2H]. The van der Waals surface area contributed by atoms with Crippen molar-refractivity contribution in [3.05, 3.63) is 169 Å². The van der Waals surface area contributed by atoms with Gasteiger partial charge in [0.15, 0.2) is 0 Å². The molecular formula is C48H28O2. The maximum absolute atomic E-state index is 9.87. The highest BCUT2D eigenvalue weighted by molar-refractivity contribution is 6.27. The number of furan rings is 2. The molecule has 0 N–H and O–H groups in total. The molecule has 0 aliphatic heterocycles. The maximum atomic E-state index is 9.87. The van der Waals surface area contributed by atoms with E-state index in [1.807, 2.05) is 0 Å². The van der Waals surface area contributed by atoms with Crippen molar-refractivity contribution in [2.45, 2.75) is 0 Å². The van der Waals surface area contributed by atoms with Gasteiger partial charge in [-0.1, -0.05) is 139 Å². The third kappa shape index (κ3) is 3.85. The van der Waals surface area contributed by atoms with Gasteiger partial charge in [-0.3, -0.25) is 0 Å². The summed E-state index contributed by atoms with van der Waals surface area (Å²) in [4.78, 5) is 0. The Hall–Kier alpha value is -6.64. The van der Waals surface area contributed by atoms with Crippen molar-refractivity contribution < 1.29 is 47.2 Å². The molecule has 9 aromatic carbocycles. The fraction of sp³-hybridized carbons (Fsp3) is 0. The van der Waals surface area contributed by atoms with E-state index in [1.165, 1.54) is 0 Å². The second-order valence-corrected chi connectivity index (χ2v) is 11.0. The normalized spacial score (nSPS) is 19.8. The van der Waals surface area contributed by atoms with Crippen molar-refractivity contribution in [2.24, 2.45) is 0 Å². The molecule has 2 heteroatoms. The quantitative estimate of drug-likeness (QED) is 0.176. The van der Waals surface area contributed by atoms with Crippen LogP contribution in [0.15, 0.2) is 178 Å². The largest absolute Gasteiger partial charge is 0.456 e. The third-order valence-corrected chi connectivity index (χ3v) is 8.46. The summed E-state index contributed by atoms with van der Waals surface area (Å²) in [7, 11) is 0. The van der Waals surface area contributed by atoms with E-state index in [2.05, 4.69) is 0 Å². The van der Waals surface area contributed by atoms with Crippen LogP contribution in [0.1, 0.15) is 38.4 Å². The van der Waals surface area contributed by atoms with Gasteiger partial charge in [-0.25, -0.2) is 0 Å². The lowest BCUT2D eigenvalue weighted by Gasteiger charge is -2.20. The fourth-order valence-corrected chi connectivity index (χ4v) is 6.43. The number of fused-ring (bicyclic) bond motifs is 10. The molecule has 50 heavy (non-hydrogen) atoms. The molecule has 0 amide bonds. The summed E-state index contributed by atoms with van der Waals surface area (Å²) in [5.74, 6) is 0. The molecule has 0 unspecified atom stereocenters. The molecule has 0 spiro atoms. The van der Waals surface area contributed by atoms with Crippen molar-refractivity contribution in [3.63, 3.8) is 0 Å². The minimum atomic E-state index is -1.10. The fourth-order valence-electron chi connectivity index (χ4n) is 6.43. The van der Waals surface area contributed by atoms with Crippen LogP contribution in [0, 0.1) is 0 Å². The highest BCUT2D eigenvalue weighted by Crippen LogP contribution is 2.48. The Kier molecular flexibility index (Phi) is 2.45. The predicted octanol–water partition coefficient (Wildman–Crippen LogP) is 13.9. The number of rotatable bonds is 3. The first-order valence-corrected chi connectivity index (χ1v) is 14.8. The van der Waals surface area contributed by atoms with Gasteiger partial charge in [0.25, 0.3) is 0 Å². The lowest BCUT2D eigenvalue weighted by molar-refractivity contribution is 0.663. The van der Waals surface area contributed by atoms with Crippen molar-refractivity contribution in [2.75, 3.05) is 0 Å². The highest BCUT2D eigenvalue weighted by Gasteiger charge is 2.21. The summed E-state index contributed by atoms with van der Waals surface area (Å²) < 4.78 is 266. The maximum Gasteiger partial charge on any atom is 0.136 e. The van der Waals surface area contributed by atoms with Gasteiger partial charge in [-0.15, -0.1) is 0 Å². The average molecular weight is 665 g/mol. The minimum absolute atomic E-state index is 0.257. The van der Waals surface area contributed by atoms with Crippen molar-refractivity contribution >= 4 is 76.2 Å². The molecular weight excluding hydrogens is 609 g/mol. The molecule has 11 aromatic rings. The van der Waals surface area contributed by atoms with Gasteiger partial charge < -0.3 is 8.83 Å². The van der Waals surface area contributed by atoms with Gasteiger partial charge in [-0.2, -0.15) is 0 Å². The lowest BCUT2D eigenvalue weighted by Crippen LogP contribution is -1.93. The standard InChI is InChI=1S/C48H28O2/c1-2-14-31-29(12-1)13-11-22-32(31)33-15-3-4-16-34(33)46-37-19-7-5-17-35(37)45(36-18-6-8-20-38(36)46)30-24-25-40-44(28-30)50-43-27-26-42-47(48(40)43)39-21-9-10-23-41(39)49-42/h1-28H/i1D,2D,3D,4D,5D,6D,7D,8D,9D,10D,11D,12D,13D,14D,15D,16D,17D,18D,19D,20D,21D,22D,23D,24D,25D,26D,27D,28D. The summed E-state index contributed by atoms with van der Waals surface area (Å²) in [6, 6.07) is -26.0. The van der Waals surface area contributed by atoms with Crippen molar-refractivity contribution in [1.29, 1.82) is 0 Å². The molecule has 0 fully saturated rings. The van der Waals surface area contributed by atoms with Crippen LogP contribution in [0.25, 0.3) is 110 Å². The van der Waals surface area contributed by atoms with Crippen LogP contribution in [0.5, 0.6) is 0 Å². The van der Waals surface area contributed by atoms with Crippen LogP contribution in [-0.2, 0) is 0 Å². The molecule has 0 aliphatic carbocycles. The van der Waals surface area contributed by atoms with Crippen LogP contribution in [0.2, 0.25) is 0 Å². The van der Waals surface area contributed by atoms with Gasteiger partial charge in [0.1, 0.15) is 22.3 Å².